The standard InChI is InChI=1S/C27H30N3O3/c1-30(18-7-14-25-28-15-8-16-29-25)17-6-9-20(19-30)33-26(31)27(32)23-12-4-2-10-21(23)22-11-3-5-13-24(22)27/h2-5,8,10-13,15-16,20,32H,6-7,9,14,17-19H2,1H3/q+1/t20-,30?/m1/s1. The fraction of sp³-hybridized carbons (Fsp3) is 0.370. The number of rotatable bonds is 6. The number of fused-ring (bicyclic) bond motifs is 3. The Bertz CT molecular complexity index is 1100. The first-order chi connectivity index (χ1) is 16.0. The van der Waals surface area contributed by atoms with Crippen molar-refractivity contribution in [3.8, 4) is 11.1 Å². The number of benzene rings is 2. The van der Waals surface area contributed by atoms with Crippen molar-refractivity contribution in [2.75, 3.05) is 26.7 Å². The van der Waals surface area contributed by atoms with Crippen LogP contribution in [0.15, 0.2) is 67.0 Å². The summed E-state index contributed by atoms with van der Waals surface area (Å²) in [6, 6.07) is 16.9. The number of piperidine rings is 1. The number of likely N-dealkylation sites (tertiary alicyclic amines) is 1. The fourth-order valence-electron chi connectivity index (χ4n) is 5.42. The van der Waals surface area contributed by atoms with Crippen LogP contribution in [-0.4, -0.2) is 58.3 Å². The molecule has 170 valence electrons. The molecule has 6 heteroatoms. The summed E-state index contributed by atoms with van der Waals surface area (Å²) in [6.07, 6.45) is 6.96. The molecule has 1 aromatic heterocycles. The lowest BCUT2D eigenvalue weighted by Gasteiger charge is -2.41. The Morgan fingerprint density at radius 3 is 2.36 bits per heavy atom. The van der Waals surface area contributed by atoms with Gasteiger partial charge in [-0.2, -0.15) is 0 Å². The summed E-state index contributed by atoms with van der Waals surface area (Å²) in [5, 5.41) is 11.7. The van der Waals surface area contributed by atoms with Crippen molar-refractivity contribution in [2.24, 2.45) is 0 Å². The first-order valence-electron chi connectivity index (χ1n) is 11.7. The number of carbonyl (C=O) groups is 1. The summed E-state index contributed by atoms with van der Waals surface area (Å²) >= 11 is 0. The van der Waals surface area contributed by atoms with Crippen molar-refractivity contribution in [3.63, 3.8) is 0 Å². The molecule has 1 fully saturated rings. The molecule has 2 atom stereocenters. The number of quaternary nitrogens is 1. The van der Waals surface area contributed by atoms with Gasteiger partial charge in [-0.05, 0) is 23.6 Å². The maximum atomic E-state index is 13.5. The zero-order chi connectivity index (χ0) is 22.9. The van der Waals surface area contributed by atoms with Gasteiger partial charge in [0.15, 0.2) is 6.10 Å². The molecule has 0 amide bonds. The van der Waals surface area contributed by atoms with E-state index < -0.39 is 11.6 Å². The molecule has 0 spiro atoms. The Labute approximate surface area is 194 Å². The minimum atomic E-state index is -1.77. The number of likely N-dealkylation sites (N-methyl/N-ethyl adjacent to an activating group) is 1. The molecule has 1 saturated heterocycles. The molecule has 33 heavy (non-hydrogen) atoms. The maximum absolute atomic E-state index is 13.5. The lowest BCUT2D eigenvalue weighted by atomic mass is 9.91. The van der Waals surface area contributed by atoms with E-state index in [9.17, 15) is 9.90 Å². The molecule has 2 aliphatic rings. The van der Waals surface area contributed by atoms with E-state index >= 15 is 0 Å². The number of carbonyl (C=O) groups excluding carboxylic acids is 1. The summed E-state index contributed by atoms with van der Waals surface area (Å²) in [5.41, 5.74) is 1.22. The molecule has 0 radical (unpaired) electrons. The van der Waals surface area contributed by atoms with Gasteiger partial charge in [0.25, 0.3) is 0 Å². The van der Waals surface area contributed by atoms with E-state index in [0.29, 0.717) is 11.1 Å². The number of aromatic nitrogens is 2. The number of aryl methyl sites for hydroxylation is 1. The Hall–Kier alpha value is -3.09. The second kappa shape index (κ2) is 8.69. The van der Waals surface area contributed by atoms with Gasteiger partial charge in [0.05, 0.1) is 20.1 Å². The lowest BCUT2D eigenvalue weighted by Crippen LogP contribution is -2.55. The van der Waals surface area contributed by atoms with Gasteiger partial charge >= 0.3 is 5.97 Å². The minimum Gasteiger partial charge on any atom is -0.454 e. The van der Waals surface area contributed by atoms with Gasteiger partial charge < -0.3 is 14.3 Å². The van der Waals surface area contributed by atoms with Crippen LogP contribution in [-0.2, 0) is 21.6 Å². The van der Waals surface area contributed by atoms with E-state index in [1.807, 2.05) is 54.6 Å². The van der Waals surface area contributed by atoms with Gasteiger partial charge in [-0.3, -0.25) is 0 Å². The van der Waals surface area contributed by atoms with Gasteiger partial charge in [0.2, 0.25) is 5.60 Å². The van der Waals surface area contributed by atoms with Crippen LogP contribution in [0.2, 0.25) is 0 Å². The van der Waals surface area contributed by atoms with Crippen LogP contribution in [0.4, 0.5) is 0 Å². The average molecular weight is 445 g/mol. The molecule has 1 aliphatic heterocycles. The summed E-state index contributed by atoms with van der Waals surface area (Å²) in [5.74, 6) is 0.293. The van der Waals surface area contributed by atoms with Crippen LogP contribution in [0, 0.1) is 0 Å². The van der Waals surface area contributed by atoms with Crippen molar-refractivity contribution in [1.82, 2.24) is 9.97 Å². The summed E-state index contributed by atoms with van der Waals surface area (Å²) in [7, 11) is 2.22. The molecule has 2 aromatic carbocycles. The SMILES string of the molecule is C[N+]1(CCCc2ncccn2)CCC[C@@H](OC(=O)C2(O)c3ccccc3-c3ccccc32)C1. The Balaban J connectivity index is 1.29. The molecule has 1 N–H and O–H groups in total. The molecule has 3 aromatic rings. The summed E-state index contributed by atoms with van der Waals surface area (Å²) < 4.78 is 6.87. The lowest BCUT2D eigenvalue weighted by molar-refractivity contribution is -0.917. The van der Waals surface area contributed by atoms with E-state index in [1.54, 1.807) is 12.4 Å². The fourth-order valence-corrected chi connectivity index (χ4v) is 5.42. The van der Waals surface area contributed by atoms with Crippen molar-refractivity contribution in [3.05, 3.63) is 83.9 Å². The normalized spacial score (nSPS) is 22.9. The van der Waals surface area contributed by atoms with E-state index in [-0.39, 0.29) is 6.10 Å². The first kappa shape index (κ1) is 21.7. The molecule has 0 bridgehead atoms. The summed E-state index contributed by atoms with van der Waals surface area (Å²) in [6.45, 7) is 2.78. The number of hydrogen-bond acceptors (Lipinski definition) is 5. The van der Waals surface area contributed by atoms with Crippen LogP contribution < -0.4 is 0 Å². The third-order valence-corrected chi connectivity index (χ3v) is 7.08. The smallest absolute Gasteiger partial charge is 0.348 e. The number of aliphatic hydroxyl groups is 1. The molecular weight excluding hydrogens is 414 g/mol. The highest BCUT2D eigenvalue weighted by Gasteiger charge is 2.50. The zero-order valence-corrected chi connectivity index (χ0v) is 19.0. The molecular formula is C27H30N3O3+. The van der Waals surface area contributed by atoms with Crippen LogP contribution in [0.25, 0.3) is 11.1 Å². The second-order valence-corrected chi connectivity index (χ2v) is 9.49. The highest BCUT2D eigenvalue weighted by atomic mass is 16.6. The zero-order valence-electron chi connectivity index (χ0n) is 19.0. The highest BCUT2D eigenvalue weighted by Crippen LogP contribution is 2.48. The van der Waals surface area contributed by atoms with Crippen molar-refractivity contribution in [1.29, 1.82) is 0 Å². The minimum absolute atomic E-state index is 0.215. The van der Waals surface area contributed by atoms with E-state index in [2.05, 4.69) is 17.0 Å². The molecule has 0 saturated carbocycles. The summed E-state index contributed by atoms with van der Waals surface area (Å²) in [4.78, 5) is 22.1. The Morgan fingerprint density at radius 2 is 1.70 bits per heavy atom. The quantitative estimate of drug-likeness (QED) is 0.466. The van der Waals surface area contributed by atoms with Crippen molar-refractivity contribution < 1.29 is 19.1 Å². The third-order valence-electron chi connectivity index (χ3n) is 7.08. The van der Waals surface area contributed by atoms with E-state index in [1.165, 1.54) is 0 Å². The second-order valence-electron chi connectivity index (χ2n) is 9.49. The van der Waals surface area contributed by atoms with Crippen LogP contribution >= 0.6 is 0 Å². The van der Waals surface area contributed by atoms with Crippen LogP contribution in [0.1, 0.15) is 36.2 Å². The highest BCUT2D eigenvalue weighted by molar-refractivity contribution is 5.96. The van der Waals surface area contributed by atoms with Gasteiger partial charge in [-0.15, -0.1) is 0 Å². The van der Waals surface area contributed by atoms with Gasteiger partial charge in [0.1, 0.15) is 12.4 Å². The monoisotopic (exact) mass is 444 g/mol. The number of hydrogen-bond donors (Lipinski definition) is 1. The maximum Gasteiger partial charge on any atom is 0.348 e. The van der Waals surface area contributed by atoms with Gasteiger partial charge in [-0.1, -0.05) is 48.5 Å². The number of nitrogens with zero attached hydrogens (tertiary/aromatic N) is 3. The largest absolute Gasteiger partial charge is 0.454 e. The van der Waals surface area contributed by atoms with Crippen molar-refractivity contribution >= 4 is 5.97 Å². The van der Waals surface area contributed by atoms with E-state index in [0.717, 1.165) is 66.8 Å². The Kier molecular flexibility index (Phi) is 5.72. The number of esters is 1. The van der Waals surface area contributed by atoms with Gasteiger partial charge in [-0.25, -0.2) is 14.8 Å². The third kappa shape index (κ3) is 4.05. The molecule has 1 aliphatic carbocycles. The first-order valence-corrected chi connectivity index (χ1v) is 11.7. The topological polar surface area (TPSA) is 72.3 Å². The average Bonchev–Trinajstić information content (AvgIpc) is 3.10. The van der Waals surface area contributed by atoms with E-state index in [4.69, 9.17) is 4.74 Å². The van der Waals surface area contributed by atoms with Crippen molar-refractivity contribution in [2.45, 2.75) is 37.4 Å². The predicted octanol–water partition coefficient (Wildman–Crippen LogP) is 3.48. The Morgan fingerprint density at radius 1 is 1.06 bits per heavy atom. The number of ether oxygens (including phenoxy) is 1. The predicted molar refractivity (Wildman–Crippen MR) is 125 cm³/mol. The molecule has 5 rings (SSSR count). The molecule has 1 unspecified atom stereocenters. The van der Waals surface area contributed by atoms with Gasteiger partial charge in [0, 0.05) is 42.8 Å². The van der Waals surface area contributed by atoms with Crippen LogP contribution in [0.5, 0.6) is 0 Å². The molecule has 6 nitrogen and oxygen atoms in total. The van der Waals surface area contributed by atoms with Crippen LogP contribution in [0.3, 0.4) is 0 Å². The molecule has 2 heterocycles.